The van der Waals surface area contributed by atoms with Crippen molar-refractivity contribution < 1.29 is 16.3 Å². The van der Waals surface area contributed by atoms with E-state index in [1.807, 2.05) is 0 Å². The summed E-state index contributed by atoms with van der Waals surface area (Å²) < 4.78 is 1.73. The molecule has 0 aromatic heterocycles. The Balaban J connectivity index is -0.000000403. The third-order valence-electron chi connectivity index (χ3n) is 1.85. The predicted octanol–water partition coefficient (Wildman–Crippen LogP) is 4.79. The second-order valence-electron chi connectivity index (χ2n) is 3.02. The molecule has 0 aromatic carbocycles. The fourth-order valence-corrected chi connectivity index (χ4v) is 3.13. The largest absolute Gasteiger partial charge is 0.147 e. The number of halogens is 3. The summed E-state index contributed by atoms with van der Waals surface area (Å²) in [5, 5.41) is 1.47. The summed E-state index contributed by atoms with van der Waals surface area (Å²) in [7, 11) is 0. The first-order valence-electron chi connectivity index (χ1n) is 4.37. The van der Waals surface area contributed by atoms with Gasteiger partial charge in [0.2, 0.25) is 0 Å². The molecule has 0 N–H and O–H groups in total. The van der Waals surface area contributed by atoms with Crippen molar-refractivity contribution in [3.05, 3.63) is 22.0 Å². The van der Waals surface area contributed by atoms with Crippen molar-refractivity contribution in [1.29, 1.82) is 0 Å². The molecule has 0 fully saturated rings. The van der Waals surface area contributed by atoms with E-state index in [0.29, 0.717) is 16.3 Å². The zero-order valence-corrected chi connectivity index (χ0v) is 12.5. The molecule has 1 aliphatic carbocycles. The van der Waals surface area contributed by atoms with E-state index in [4.69, 9.17) is 0 Å². The van der Waals surface area contributed by atoms with Gasteiger partial charge in [-0.3, -0.25) is 0 Å². The minimum Gasteiger partial charge on any atom is -0.147 e. The molecule has 4 heteroatoms. The van der Waals surface area contributed by atoms with Gasteiger partial charge in [-0.05, 0) is 0 Å². The van der Waals surface area contributed by atoms with E-state index in [1.165, 1.54) is 30.0 Å². The van der Waals surface area contributed by atoms with Gasteiger partial charge in [0, 0.05) is 0 Å². The molecular weight excluding hydrogens is 277 g/mol. The van der Waals surface area contributed by atoms with Gasteiger partial charge in [0.25, 0.3) is 0 Å². The predicted molar refractivity (Wildman–Crippen MR) is 67.9 cm³/mol. The van der Waals surface area contributed by atoms with Crippen molar-refractivity contribution in [3.8, 4) is 0 Å². The maximum absolute atomic E-state index is 2.38. The van der Waals surface area contributed by atoms with Crippen molar-refractivity contribution in [2.24, 2.45) is 0 Å². The molecule has 0 nitrogen and oxygen atoms in total. The average molecular weight is 297 g/mol. The molecule has 0 bridgehead atoms. The van der Waals surface area contributed by atoms with Gasteiger partial charge in [0.15, 0.2) is 0 Å². The Hall–Kier alpha value is 0.934. The fourth-order valence-electron chi connectivity index (χ4n) is 1.14. The summed E-state index contributed by atoms with van der Waals surface area (Å²) in [6.45, 7) is 4.47. The van der Waals surface area contributed by atoms with Crippen LogP contribution in [0.3, 0.4) is 0 Å². The Bertz CT molecular complexity index is 188. The topological polar surface area (TPSA) is 0 Å². The number of allylic oxidation sites excluding steroid dienone is 4. The molecule has 1 rings (SSSR count). The van der Waals surface area contributed by atoms with Crippen LogP contribution in [0.2, 0.25) is 5.13 Å². The number of unbranched alkanes of at least 4 members (excludes halogenated alkanes) is 1. The first kappa shape index (κ1) is 20.4. The van der Waals surface area contributed by atoms with Crippen molar-refractivity contribution >= 4 is 37.2 Å². The van der Waals surface area contributed by atoms with Crippen LogP contribution in [0.25, 0.3) is 0 Å². The second-order valence-corrected chi connectivity index (χ2v) is 5.11. The molecule has 0 aliphatic heterocycles. The third kappa shape index (κ3) is 8.26. The van der Waals surface area contributed by atoms with Gasteiger partial charge in [-0.1, -0.05) is 0 Å². The average Bonchev–Trinajstić information content (AvgIpc) is 2.37. The molecule has 1 aliphatic rings. The van der Waals surface area contributed by atoms with Crippen molar-refractivity contribution in [2.45, 2.75) is 38.2 Å². The van der Waals surface area contributed by atoms with Gasteiger partial charge in [0.05, 0.1) is 0 Å². The Kier molecular flexibility index (Phi) is 17.5. The molecule has 0 spiro atoms. The van der Waals surface area contributed by atoms with Gasteiger partial charge in [0.1, 0.15) is 0 Å². The molecule has 0 aromatic rings. The molecule has 14 heavy (non-hydrogen) atoms. The maximum Gasteiger partial charge on any atom is -0.147 e. The number of hydrogen-bond donors (Lipinski definition) is 0. The number of hydrogen-bond acceptors (Lipinski definition) is 0. The van der Waals surface area contributed by atoms with Gasteiger partial charge in [-0.15, -0.1) is 37.2 Å². The first-order chi connectivity index (χ1) is 5.33. The molecule has 0 radical (unpaired) electrons. The molecule has 0 saturated carbocycles. The van der Waals surface area contributed by atoms with Crippen LogP contribution in [0.1, 0.15) is 33.1 Å². The van der Waals surface area contributed by atoms with Crippen LogP contribution in [0.4, 0.5) is 0 Å². The van der Waals surface area contributed by atoms with Crippen LogP contribution in [0.15, 0.2) is 22.0 Å². The van der Waals surface area contributed by atoms with Gasteiger partial charge in [-0.25, -0.2) is 0 Å². The molecule has 0 saturated heterocycles. The van der Waals surface area contributed by atoms with Crippen molar-refractivity contribution in [1.82, 2.24) is 0 Å². The molecular formula is C10H19Cl3V. The summed E-state index contributed by atoms with van der Waals surface area (Å²) in [5.41, 5.74) is 1.48. The van der Waals surface area contributed by atoms with E-state index in [0.717, 1.165) is 0 Å². The zero-order chi connectivity index (χ0) is 8.10. The van der Waals surface area contributed by atoms with Crippen LogP contribution in [-0.4, -0.2) is 0 Å². The van der Waals surface area contributed by atoms with Gasteiger partial charge < -0.3 is 0 Å². The quantitative estimate of drug-likeness (QED) is 0.655. The Morgan fingerprint density at radius 3 is 2.36 bits per heavy atom. The normalized spacial score (nSPS) is 12.7. The summed E-state index contributed by atoms with van der Waals surface area (Å²) >= 11 is 0.533. The monoisotopic (exact) mass is 295 g/mol. The number of rotatable bonds is 4. The summed E-state index contributed by atoms with van der Waals surface area (Å²) in [5.74, 6) is 0. The molecule has 0 amide bonds. The third-order valence-corrected chi connectivity index (χ3v) is 3.82. The minimum absolute atomic E-state index is 0. The first-order valence-corrected chi connectivity index (χ1v) is 6.06. The Morgan fingerprint density at radius 2 is 1.93 bits per heavy atom. The van der Waals surface area contributed by atoms with Crippen molar-refractivity contribution in [2.75, 3.05) is 0 Å². The molecule has 0 atom stereocenters. The van der Waals surface area contributed by atoms with Crippen LogP contribution >= 0.6 is 37.2 Å². The SMILES string of the molecule is CCC[CH2][V][C]1=CC(C)=CC1.Cl.Cl.Cl. The minimum atomic E-state index is 0. The molecule has 85 valence electrons. The van der Waals surface area contributed by atoms with Crippen LogP contribution in [-0.2, 0) is 16.3 Å². The Labute approximate surface area is 113 Å². The van der Waals surface area contributed by atoms with Gasteiger partial charge in [-0.2, -0.15) is 0 Å². The standard InChI is InChI=1S/C6H7.C4H9.3ClH.V/c1-6-4-2-3-5-6;1-3-4-2;;;;/h4-5H,2H2,1H3;1,3-4H2,2H3;3*1H;. The molecule has 0 heterocycles. The summed E-state index contributed by atoms with van der Waals surface area (Å²) in [6, 6.07) is 0. The maximum atomic E-state index is 2.38. The van der Waals surface area contributed by atoms with E-state index < -0.39 is 0 Å². The Morgan fingerprint density at radius 1 is 1.29 bits per heavy atom. The smallest absolute Gasteiger partial charge is 0.147 e. The van der Waals surface area contributed by atoms with Crippen molar-refractivity contribution in [3.63, 3.8) is 0 Å². The van der Waals surface area contributed by atoms with Crippen LogP contribution in [0, 0.1) is 0 Å². The van der Waals surface area contributed by atoms with Crippen LogP contribution in [0.5, 0.6) is 0 Å². The van der Waals surface area contributed by atoms with E-state index in [-0.39, 0.29) is 37.2 Å². The van der Waals surface area contributed by atoms with E-state index in [1.54, 1.807) is 4.28 Å². The van der Waals surface area contributed by atoms with E-state index in [9.17, 15) is 0 Å². The van der Waals surface area contributed by atoms with Gasteiger partial charge >= 0.3 is 76.5 Å². The van der Waals surface area contributed by atoms with E-state index >= 15 is 0 Å². The molecule has 0 unspecified atom stereocenters. The zero-order valence-electron chi connectivity index (χ0n) is 8.66. The fraction of sp³-hybridized carbons (Fsp3) is 0.600. The summed E-state index contributed by atoms with van der Waals surface area (Å²) in [6.07, 6.45) is 8.77. The summed E-state index contributed by atoms with van der Waals surface area (Å²) in [4.78, 5) is 0. The van der Waals surface area contributed by atoms with Crippen LogP contribution < -0.4 is 0 Å². The van der Waals surface area contributed by atoms with E-state index in [2.05, 4.69) is 26.0 Å². The second kappa shape index (κ2) is 12.0.